The summed E-state index contributed by atoms with van der Waals surface area (Å²) in [6.07, 6.45) is 1.23. The first-order valence-electron chi connectivity index (χ1n) is 11.3. The van der Waals surface area contributed by atoms with Crippen LogP contribution in [0.2, 0.25) is 5.02 Å². The van der Waals surface area contributed by atoms with Gasteiger partial charge in [0.15, 0.2) is 0 Å². The van der Waals surface area contributed by atoms with E-state index >= 15 is 0 Å². The molecule has 9 heteroatoms. The van der Waals surface area contributed by atoms with E-state index in [1.54, 1.807) is 0 Å². The molecule has 0 radical (unpaired) electrons. The lowest BCUT2D eigenvalue weighted by atomic mass is 9.91. The fourth-order valence-corrected chi connectivity index (χ4v) is 5.71. The number of nitrogens with zero attached hydrogens (tertiary/aromatic N) is 1. The third-order valence-corrected chi connectivity index (χ3v) is 7.57. The molecule has 1 fully saturated rings. The van der Waals surface area contributed by atoms with E-state index in [0.717, 1.165) is 47.4 Å². The highest BCUT2D eigenvalue weighted by atomic mass is 79.9. The Labute approximate surface area is 210 Å². The van der Waals surface area contributed by atoms with Crippen molar-refractivity contribution in [2.75, 3.05) is 13.1 Å². The number of aliphatic hydroxyl groups excluding tert-OH is 1. The number of hydrogen-bond donors (Lipinski definition) is 2. The minimum atomic E-state index is -5.08. The number of carboxylic acids is 1. The lowest BCUT2D eigenvalue weighted by molar-refractivity contribution is -0.192. The van der Waals surface area contributed by atoms with Gasteiger partial charge in [-0.3, -0.25) is 4.90 Å². The summed E-state index contributed by atoms with van der Waals surface area (Å²) in [6, 6.07) is 14.9. The Bertz CT molecular complexity index is 988. The molecular weight excluding hydrogens is 535 g/mol. The number of carboxylic acid groups (broad SMARTS) is 1. The number of fused-ring (bicyclic) bond motifs is 1. The van der Waals surface area contributed by atoms with Gasteiger partial charge in [-0.25, -0.2) is 4.79 Å². The Morgan fingerprint density at radius 1 is 1.09 bits per heavy atom. The van der Waals surface area contributed by atoms with Crippen LogP contribution in [0.1, 0.15) is 60.9 Å². The summed E-state index contributed by atoms with van der Waals surface area (Å²) in [6.45, 7) is 2.16. The van der Waals surface area contributed by atoms with Gasteiger partial charge in [-0.2, -0.15) is 13.2 Å². The topological polar surface area (TPSA) is 60.8 Å². The van der Waals surface area contributed by atoms with Gasteiger partial charge in [0, 0.05) is 22.1 Å². The molecule has 1 aliphatic heterocycles. The number of likely N-dealkylation sites (tertiary alicyclic amines) is 1. The van der Waals surface area contributed by atoms with E-state index in [1.807, 2.05) is 18.2 Å². The summed E-state index contributed by atoms with van der Waals surface area (Å²) in [5, 5.41) is 18.8. The lowest BCUT2D eigenvalue weighted by Gasteiger charge is -2.38. The fourth-order valence-electron chi connectivity index (χ4n) is 4.86. The highest BCUT2D eigenvalue weighted by molar-refractivity contribution is 9.10. The number of benzene rings is 2. The van der Waals surface area contributed by atoms with Crippen LogP contribution >= 0.6 is 27.5 Å². The smallest absolute Gasteiger partial charge is 0.475 e. The van der Waals surface area contributed by atoms with Gasteiger partial charge in [-0.1, -0.05) is 64.3 Å². The molecule has 2 aromatic carbocycles. The largest absolute Gasteiger partial charge is 0.490 e. The molecule has 0 saturated carbocycles. The van der Waals surface area contributed by atoms with Crippen LogP contribution in [0.5, 0.6) is 0 Å². The standard InChI is InChI=1S/C23H27BrClNO.C2HF3O2/c24-20-8-5-7-18-17(20)12-11-16(14-23(18)27)15-26-13-4-3-10-22(26)19-6-1-2-9-21(19)25;3-2(4,5)1(6)7/h1-2,5-9,16,22-23,27H,3-4,10-15H2;(H,6,7). The molecule has 2 aromatic rings. The molecule has 1 heterocycles. The minimum absolute atomic E-state index is 0.367. The van der Waals surface area contributed by atoms with Crippen molar-refractivity contribution >= 4 is 33.5 Å². The zero-order valence-electron chi connectivity index (χ0n) is 18.6. The van der Waals surface area contributed by atoms with Crippen molar-refractivity contribution in [3.8, 4) is 0 Å². The molecule has 0 aromatic heterocycles. The van der Waals surface area contributed by atoms with E-state index in [4.69, 9.17) is 21.5 Å². The van der Waals surface area contributed by atoms with Crippen LogP contribution in [0, 0.1) is 5.92 Å². The maximum absolute atomic E-state index is 10.8. The first kappa shape index (κ1) is 27.0. The highest BCUT2D eigenvalue weighted by Crippen LogP contribution is 2.39. The quantitative estimate of drug-likeness (QED) is 0.398. The predicted octanol–water partition coefficient (Wildman–Crippen LogP) is 6.95. The van der Waals surface area contributed by atoms with Crippen LogP contribution in [0.3, 0.4) is 0 Å². The van der Waals surface area contributed by atoms with E-state index < -0.39 is 12.1 Å². The third-order valence-electron chi connectivity index (χ3n) is 6.49. The average molecular weight is 563 g/mol. The summed E-state index contributed by atoms with van der Waals surface area (Å²) in [5.41, 5.74) is 3.65. The van der Waals surface area contributed by atoms with Crippen molar-refractivity contribution in [3.63, 3.8) is 0 Å². The molecule has 1 saturated heterocycles. The number of halogens is 5. The third kappa shape index (κ3) is 6.97. The Hall–Kier alpha value is -1.61. The first-order chi connectivity index (χ1) is 16.1. The summed E-state index contributed by atoms with van der Waals surface area (Å²) < 4.78 is 32.9. The van der Waals surface area contributed by atoms with Crippen LogP contribution in [0.15, 0.2) is 46.9 Å². The normalized spacial score (nSPS) is 23.3. The van der Waals surface area contributed by atoms with Gasteiger partial charge in [0.05, 0.1) is 6.10 Å². The molecule has 0 amide bonds. The van der Waals surface area contributed by atoms with Crippen molar-refractivity contribution in [3.05, 3.63) is 68.7 Å². The van der Waals surface area contributed by atoms with Crippen molar-refractivity contribution in [1.82, 2.24) is 4.90 Å². The fraction of sp³-hybridized carbons (Fsp3) is 0.480. The number of hydrogen-bond acceptors (Lipinski definition) is 3. The number of piperidine rings is 1. The monoisotopic (exact) mass is 561 g/mol. The molecule has 2 N–H and O–H groups in total. The summed E-state index contributed by atoms with van der Waals surface area (Å²) in [7, 11) is 0. The van der Waals surface area contributed by atoms with Gasteiger partial charge in [0.2, 0.25) is 0 Å². The van der Waals surface area contributed by atoms with Gasteiger partial charge in [-0.05, 0) is 73.4 Å². The molecular formula is C25H28BrClF3NO3. The van der Waals surface area contributed by atoms with Crippen molar-refractivity contribution in [1.29, 1.82) is 0 Å². The van der Waals surface area contributed by atoms with Crippen LogP contribution in [0.25, 0.3) is 0 Å². The summed E-state index contributed by atoms with van der Waals surface area (Å²) in [4.78, 5) is 11.5. The van der Waals surface area contributed by atoms with Gasteiger partial charge in [0.1, 0.15) is 0 Å². The number of carbonyl (C=O) groups is 1. The number of rotatable bonds is 3. The van der Waals surface area contributed by atoms with Gasteiger partial charge >= 0.3 is 12.1 Å². The van der Waals surface area contributed by atoms with Crippen molar-refractivity contribution in [2.24, 2.45) is 5.92 Å². The maximum Gasteiger partial charge on any atom is 0.490 e. The van der Waals surface area contributed by atoms with Crippen LogP contribution < -0.4 is 0 Å². The number of alkyl halides is 3. The molecule has 186 valence electrons. The second-order valence-corrected chi connectivity index (χ2v) is 10.1. The van der Waals surface area contributed by atoms with Crippen LogP contribution in [-0.2, 0) is 11.2 Å². The Balaban J connectivity index is 0.000000406. The average Bonchev–Trinajstić information content (AvgIpc) is 2.94. The first-order valence-corrected chi connectivity index (χ1v) is 12.5. The molecule has 3 unspecified atom stereocenters. The molecule has 1 aliphatic carbocycles. The van der Waals surface area contributed by atoms with Crippen molar-refractivity contribution in [2.45, 2.75) is 56.8 Å². The SMILES string of the molecule is O=C(O)C(F)(F)F.OC1CC(CN2CCCCC2c2ccccc2Cl)CCc2c(Br)cccc21. The summed E-state index contributed by atoms with van der Waals surface area (Å²) >= 11 is 10.2. The van der Waals surface area contributed by atoms with E-state index in [0.29, 0.717) is 12.0 Å². The Morgan fingerprint density at radius 3 is 2.44 bits per heavy atom. The van der Waals surface area contributed by atoms with E-state index in [1.165, 1.54) is 30.4 Å². The number of aliphatic hydroxyl groups is 1. The van der Waals surface area contributed by atoms with E-state index in [9.17, 15) is 18.3 Å². The predicted molar refractivity (Wildman–Crippen MR) is 129 cm³/mol. The molecule has 0 spiro atoms. The molecule has 0 bridgehead atoms. The highest BCUT2D eigenvalue weighted by Gasteiger charge is 2.38. The lowest BCUT2D eigenvalue weighted by Crippen LogP contribution is -2.37. The van der Waals surface area contributed by atoms with Gasteiger partial charge in [-0.15, -0.1) is 0 Å². The van der Waals surface area contributed by atoms with E-state index in [2.05, 4.69) is 45.1 Å². The minimum Gasteiger partial charge on any atom is -0.475 e. The van der Waals surface area contributed by atoms with Crippen LogP contribution in [0.4, 0.5) is 13.2 Å². The second kappa shape index (κ2) is 11.9. The van der Waals surface area contributed by atoms with Gasteiger partial charge in [0.25, 0.3) is 0 Å². The zero-order valence-corrected chi connectivity index (χ0v) is 20.9. The molecule has 4 nitrogen and oxygen atoms in total. The molecule has 3 atom stereocenters. The number of aliphatic carboxylic acids is 1. The maximum atomic E-state index is 10.8. The Morgan fingerprint density at radius 2 is 1.76 bits per heavy atom. The van der Waals surface area contributed by atoms with Gasteiger partial charge < -0.3 is 10.2 Å². The molecule has 2 aliphatic rings. The molecule has 4 rings (SSSR count). The zero-order chi connectivity index (χ0) is 24.9. The summed E-state index contributed by atoms with van der Waals surface area (Å²) in [5.74, 6) is -2.25. The van der Waals surface area contributed by atoms with Crippen LogP contribution in [-0.4, -0.2) is 40.3 Å². The van der Waals surface area contributed by atoms with E-state index in [-0.39, 0.29) is 6.10 Å². The van der Waals surface area contributed by atoms with Crippen molar-refractivity contribution < 1.29 is 28.2 Å². The Kier molecular flexibility index (Phi) is 9.43. The second-order valence-electron chi connectivity index (χ2n) is 8.79. The molecule has 34 heavy (non-hydrogen) atoms.